The molecule has 0 unspecified atom stereocenters. The molecule has 2 aromatic carbocycles. The highest BCUT2D eigenvalue weighted by Gasteiger charge is 2.28. The van der Waals surface area contributed by atoms with Crippen molar-refractivity contribution in [3.63, 3.8) is 0 Å². The van der Waals surface area contributed by atoms with Crippen molar-refractivity contribution in [1.82, 2.24) is 13.4 Å². The first-order valence-electron chi connectivity index (χ1n) is 10.9. The zero-order valence-corrected chi connectivity index (χ0v) is 19.7. The molecule has 1 aliphatic heterocycles. The Bertz CT molecular complexity index is 1390. The van der Waals surface area contributed by atoms with Crippen LogP contribution >= 0.6 is 0 Å². The molecule has 0 atom stereocenters. The van der Waals surface area contributed by atoms with Crippen molar-refractivity contribution in [1.29, 1.82) is 0 Å². The molecule has 33 heavy (non-hydrogen) atoms. The second-order valence-corrected chi connectivity index (χ2v) is 10.5. The predicted octanol–water partition coefficient (Wildman–Crippen LogP) is 3.25. The van der Waals surface area contributed by atoms with E-state index in [1.807, 2.05) is 13.8 Å². The smallest absolute Gasteiger partial charge is 0.324 e. The third-order valence-corrected chi connectivity index (χ3v) is 7.81. The van der Waals surface area contributed by atoms with E-state index in [0.29, 0.717) is 29.7 Å². The van der Waals surface area contributed by atoms with E-state index in [-0.39, 0.29) is 23.2 Å². The van der Waals surface area contributed by atoms with Crippen molar-refractivity contribution in [2.75, 3.05) is 18.4 Å². The summed E-state index contributed by atoms with van der Waals surface area (Å²) in [6.07, 6.45) is 1.63. The van der Waals surface area contributed by atoms with Crippen molar-refractivity contribution in [2.24, 2.45) is 0 Å². The topological polar surface area (TPSA) is 93.4 Å². The van der Waals surface area contributed by atoms with Crippen LogP contribution in [0.2, 0.25) is 0 Å². The summed E-state index contributed by atoms with van der Waals surface area (Å²) in [5, 5.41) is 2.60. The van der Waals surface area contributed by atoms with Crippen molar-refractivity contribution in [3.05, 3.63) is 58.3 Å². The number of carbonyl (C=O) groups excluding carboxylic acids is 1. The van der Waals surface area contributed by atoms with Crippen LogP contribution in [0.5, 0.6) is 0 Å². The molecule has 1 amide bonds. The van der Waals surface area contributed by atoms with Gasteiger partial charge in [-0.2, -0.15) is 4.31 Å². The summed E-state index contributed by atoms with van der Waals surface area (Å²) in [4.78, 5) is 26.0. The number of aromatic nitrogens is 2. The number of amides is 1. The summed E-state index contributed by atoms with van der Waals surface area (Å²) >= 11 is 0. The van der Waals surface area contributed by atoms with Crippen molar-refractivity contribution >= 4 is 32.7 Å². The lowest BCUT2D eigenvalue weighted by Crippen LogP contribution is -2.30. The van der Waals surface area contributed by atoms with Gasteiger partial charge >= 0.3 is 5.69 Å². The normalized spacial score (nSPS) is 14.9. The molecule has 4 rings (SSSR count). The summed E-state index contributed by atoms with van der Waals surface area (Å²) in [6.45, 7) is 5.91. The highest BCUT2D eigenvalue weighted by Crippen LogP contribution is 2.26. The fourth-order valence-electron chi connectivity index (χ4n) is 4.16. The van der Waals surface area contributed by atoms with Crippen LogP contribution in [0.15, 0.2) is 46.1 Å². The zero-order chi connectivity index (χ0) is 23.9. The third-order valence-electron chi connectivity index (χ3n) is 5.91. The van der Waals surface area contributed by atoms with Gasteiger partial charge in [0.15, 0.2) is 0 Å². The molecule has 1 aromatic heterocycles. The van der Waals surface area contributed by atoms with E-state index in [1.165, 1.54) is 31.6 Å². The van der Waals surface area contributed by atoms with Gasteiger partial charge in [0, 0.05) is 24.8 Å². The molecule has 0 saturated carbocycles. The van der Waals surface area contributed by atoms with Crippen LogP contribution in [0.3, 0.4) is 0 Å². The summed E-state index contributed by atoms with van der Waals surface area (Å²) < 4.78 is 44.2. The average molecular weight is 475 g/mol. The van der Waals surface area contributed by atoms with E-state index < -0.39 is 27.4 Å². The number of sulfonamides is 1. The Balaban J connectivity index is 1.74. The predicted molar refractivity (Wildman–Crippen MR) is 124 cm³/mol. The number of benzene rings is 2. The third kappa shape index (κ3) is 4.32. The molecule has 0 bridgehead atoms. The van der Waals surface area contributed by atoms with Crippen LogP contribution in [0.1, 0.15) is 38.3 Å². The number of hydrogen-bond acceptors (Lipinski definition) is 4. The Kier molecular flexibility index (Phi) is 6.15. The molecule has 2 heterocycles. The van der Waals surface area contributed by atoms with Crippen LogP contribution in [-0.4, -0.2) is 40.9 Å². The van der Waals surface area contributed by atoms with Gasteiger partial charge in [0.05, 0.1) is 15.9 Å². The van der Waals surface area contributed by atoms with Gasteiger partial charge in [-0.15, -0.1) is 0 Å². The molecule has 176 valence electrons. The van der Waals surface area contributed by atoms with Crippen LogP contribution < -0.4 is 11.0 Å². The number of halogens is 1. The van der Waals surface area contributed by atoms with E-state index in [4.69, 9.17) is 0 Å². The molecule has 8 nitrogen and oxygen atoms in total. The van der Waals surface area contributed by atoms with Gasteiger partial charge in [-0.25, -0.2) is 17.6 Å². The maximum Gasteiger partial charge on any atom is 0.329 e. The quantitative estimate of drug-likeness (QED) is 0.594. The number of fused-ring (bicyclic) bond motifs is 1. The Morgan fingerprint density at radius 1 is 1.09 bits per heavy atom. The van der Waals surface area contributed by atoms with Gasteiger partial charge < -0.3 is 5.32 Å². The summed E-state index contributed by atoms with van der Waals surface area (Å²) in [6, 6.07) is 8.73. The second kappa shape index (κ2) is 8.75. The molecule has 0 radical (unpaired) electrons. The molecule has 1 saturated heterocycles. The van der Waals surface area contributed by atoms with Gasteiger partial charge in [0.2, 0.25) is 15.9 Å². The lowest BCUT2D eigenvalue weighted by atomic mass is 10.2. The number of hydrogen-bond donors (Lipinski definition) is 1. The largest absolute Gasteiger partial charge is 0.329 e. The minimum atomic E-state index is -3.69. The van der Waals surface area contributed by atoms with Crippen molar-refractivity contribution in [3.8, 4) is 0 Å². The van der Waals surface area contributed by atoms with E-state index in [1.54, 1.807) is 25.1 Å². The lowest BCUT2D eigenvalue weighted by Gasteiger charge is -2.16. The number of aryl methyl sites for hydroxylation is 1. The number of imidazole rings is 1. The Labute approximate surface area is 191 Å². The number of anilines is 1. The second-order valence-electron chi connectivity index (χ2n) is 8.61. The fourth-order valence-corrected chi connectivity index (χ4v) is 5.70. The number of nitrogens with one attached hydrogen (secondary N) is 1. The first kappa shape index (κ1) is 23.2. The Morgan fingerprint density at radius 2 is 1.79 bits per heavy atom. The average Bonchev–Trinajstić information content (AvgIpc) is 3.38. The van der Waals surface area contributed by atoms with Gasteiger partial charge in [-0.3, -0.25) is 13.9 Å². The van der Waals surface area contributed by atoms with Crippen molar-refractivity contribution < 1.29 is 17.6 Å². The summed E-state index contributed by atoms with van der Waals surface area (Å²) in [5.74, 6) is -0.964. The minimum Gasteiger partial charge on any atom is -0.324 e. The standard InChI is InChI=1S/C23H27FN4O4S/c1-15(2)28-20-9-8-18(33(31,32)26-10-4-5-11-26)13-21(20)27(23(28)30)14-22(29)25-17-7-6-16(3)19(24)12-17/h6-9,12-13,15H,4-5,10-11,14H2,1-3H3,(H,25,29). The van der Waals surface area contributed by atoms with Crippen LogP contribution in [0.4, 0.5) is 10.1 Å². The van der Waals surface area contributed by atoms with E-state index >= 15 is 0 Å². The van der Waals surface area contributed by atoms with Gasteiger partial charge in [-0.05, 0) is 69.5 Å². The number of rotatable bonds is 6. The molecule has 0 aliphatic carbocycles. The Hall–Kier alpha value is -2.98. The van der Waals surface area contributed by atoms with E-state index in [9.17, 15) is 22.4 Å². The fraction of sp³-hybridized carbons (Fsp3) is 0.391. The highest BCUT2D eigenvalue weighted by atomic mass is 32.2. The molecule has 10 heteroatoms. The highest BCUT2D eigenvalue weighted by molar-refractivity contribution is 7.89. The lowest BCUT2D eigenvalue weighted by molar-refractivity contribution is -0.116. The molecule has 1 N–H and O–H groups in total. The molecular weight excluding hydrogens is 447 g/mol. The number of carbonyl (C=O) groups is 1. The monoisotopic (exact) mass is 474 g/mol. The van der Waals surface area contributed by atoms with Gasteiger partial charge in [-0.1, -0.05) is 6.07 Å². The summed E-state index contributed by atoms with van der Waals surface area (Å²) in [7, 11) is -3.69. The minimum absolute atomic E-state index is 0.0903. The molecule has 3 aromatic rings. The zero-order valence-electron chi connectivity index (χ0n) is 18.8. The molecule has 0 spiro atoms. The maximum absolute atomic E-state index is 13.8. The van der Waals surface area contributed by atoms with Gasteiger partial charge in [0.1, 0.15) is 12.4 Å². The molecule has 1 aliphatic rings. The molecule has 1 fully saturated rings. The Morgan fingerprint density at radius 3 is 2.42 bits per heavy atom. The van der Waals surface area contributed by atoms with Crippen LogP contribution in [0.25, 0.3) is 11.0 Å². The molecular formula is C23H27FN4O4S. The SMILES string of the molecule is Cc1ccc(NC(=O)Cn2c(=O)n(C(C)C)c3ccc(S(=O)(=O)N4CCCC4)cc32)cc1F. The van der Waals surface area contributed by atoms with Crippen molar-refractivity contribution in [2.45, 2.75) is 51.1 Å². The summed E-state index contributed by atoms with van der Waals surface area (Å²) in [5.41, 5.74) is 1.22. The van der Waals surface area contributed by atoms with E-state index in [0.717, 1.165) is 12.8 Å². The first-order valence-corrected chi connectivity index (χ1v) is 12.3. The van der Waals surface area contributed by atoms with Gasteiger partial charge in [0.25, 0.3) is 0 Å². The first-order chi connectivity index (χ1) is 15.6. The van der Waals surface area contributed by atoms with Crippen LogP contribution in [0, 0.1) is 12.7 Å². The van der Waals surface area contributed by atoms with Crippen LogP contribution in [-0.2, 0) is 21.4 Å². The number of nitrogens with zero attached hydrogens (tertiary/aromatic N) is 3. The maximum atomic E-state index is 13.8. The van der Waals surface area contributed by atoms with E-state index in [2.05, 4.69) is 5.32 Å².